The van der Waals surface area contributed by atoms with E-state index in [1.165, 1.54) is 0 Å². The van der Waals surface area contributed by atoms with Gasteiger partial charge in [0.05, 0.1) is 12.6 Å². The molecular weight excluding hydrogens is 200 g/mol. The fourth-order valence-electron chi connectivity index (χ4n) is 2.01. The molecule has 15 heavy (non-hydrogen) atoms. The van der Waals surface area contributed by atoms with E-state index in [2.05, 4.69) is 15.5 Å². The molecule has 0 radical (unpaired) electrons. The third kappa shape index (κ3) is 1.27. The molecule has 2 aliphatic rings. The highest BCUT2D eigenvalue weighted by molar-refractivity contribution is 5.83. The Kier molecular flexibility index (Phi) is 1.83. The summed E-state index contributed by atoms with van der Waals surface area (Å²) < 4.78 is 12.2. The van der Waals surface area contributed by atoms with Gasteiger partial charge in [0.1, 0.15) is 11.9 Å². The number of hydrogen-bond donors (Lipinski definition) is 0. The topological polar surface area (TPSA) is 79.1 Å². The second-order valence-electron chi connectivity index (χ2n) is 3.75. The molecule has 0 amide bonds. The number of aromatic nitrogens is 4. The van der Waals surface area contributed by atoms with Crippen LogP contribution < -0.4 is 0 Å². The predicted octanol–water partition coefficient (Wildman–Crippen LogP) is -0.763. The predicted molar refractivity (Wildman–Crippen MR) is 45.8 cm³/mol. The largest absolute Gasteiger partial charge is 0.343 e. The molecule has 3 rings (SSSR count). The van der Waals surface area contributed by atoms with Gasteiger partial charge < -0.3 is 9.47 Å². The van der Waals surface area contributed by atoms with Gasteiger partial charge in [-0.3, -0.25) is 4.79 Å². The molecule has 1 aromatic heterocycles. The molecule has 0 spiro atoms. The van der Waals surface area contributed by atoms with Gasteiger partial charge >= 0.3 is 0 Å². The number of ether oxygens (including phenoxy) is 2. The lowest BCUT2D eigenvalue weighted by Gasteiger charge is -2.26. The molecule has 7 heteroatoms. The number of ketones is 1. The van der Waals surface area contributed by atoms with Crippen molar-refractivity contribution >= 4 is 5.78 Å². The van der Waals surface area contributed by atoms with E-state index in [4.69, 9.17) is 9.47 Å². The average Bonchev–Trinajstić information content (AvgIpc) is 2.80. The summed E-state index contributed by atoms with van der Waals surface area (Å²) in [6, 6.07) is -0.133. The lowest BCUT2D eigenvalue weighted by Crippen LogP contribution is -2.37. The smallest absolute Gasteiger partial charge is 0.218 e. The Morgan fingerprint density at radius 3 is 3.13 bits per heavy atom. The first-order valence-electron chi connectivity index (χ1n) is 4.80. The van der Waals surface area contributed by atoms with Crippen LogP contribution in [0.25, 0.3) is 0 Å². The van der Waals surface area contributed by atoms with Crippen molar-refractivity contribution in [2.24, 2.45) is 0 Å². The van der Waals surface area contributed by atoms with Crippen LogP contribution in [0.1, 0.15) is 18.3 Å². The zero-order valence-corrected chi connectivity index (χ0v) is 8.16. The number of nitrogens with zero attached hydrogens (tertiary/aromatic N) is 4. The van der Waals surface area contributed by atoms with Gasteiger partial charge in [0, 0.05) is 6.42 Å². The average molecular weight is 210 g/mol. The quantitative estimate of drug-likeness (QED) is 0.606. The second kappa shape index (κ2) is 3.07. The van der Waals surface area contributed by atoms with Crippen molar-refractivity contribution in [3.05, 3.63) is 5.82 Å². The number of Topliss-reactive ketones (excluding diaryl/α,β-unsaturated/α-hetero) is 1. The van der Waals surface area contributed by atoms with Crippen LogP contribution in [0.15, 0.2) is 0 Å². The molecule has 0 aromatic carbocycles. The minimum absolute atomic E-state index is 0.0383. The van der Waals surface area contributed by atoms with Gasteiger partial charge in [-0.2, -0.15) is 0 Å². The number of fused-ring (bicyclic) bond motifs is 2. The van der Waals surface area contributed by atoms with E-state index in [1.54, 1.807) is 11.6 Å². The van der Waals surface area contributed by atoms with Crippen molar-refractivity contribution in [1.29, 1.82) is 0 Å². The van der Waals surface area contributed by atoms with Crippen LogP contribution in [0, 0.1) is 6.92 Å². The summed E-state index contributed by atoms with van der Waals surface area (Å²) in [5, 5.41) is 11.2. The Morgan fingerprint density at radius 1 is 1.53 bits per heavy atom. The monoisotopic (exact) mass is 210 g/mol. The van der Waals surface area contributed by atoms with Gasteiger partial charge in [0.25, 0.3) is 0 Å². The summed E-state index contributed by atoms with van der Waals surface area (Å²) in [4.78, 5) is 11.5. The maximum Gasteiger partial charge on any atom is 0.218 e. The second-order valence-corrected chi connectivity index (χ2v) is 3.75. The van der Waals surface area contributed by atoms with Crippen molar-refractivity contribution in [2.45, 2.75) is 31.8 Å². The molecule has 2 saturated heterocycles. The molecule has 2 fully saturated rings. The summed E-state index contributed by atoms with van der Waals surface area (Å²) in [6.45, 7) is 2.23. The minimum atomic E-state index is -0.664. The fraction of sp³-hybridized carbons (Fsp3) is 0.750. The highest BCUT2D eigenvalue weighted by atomic mass is 16.7. The number of carbonyl (C=O) groups is 1. The van der Waals surface area contributed by atoms with Crippen molar-refractivity contribution in [3.8, 4) is 0 Å². The Balaban J connectivity index is 1.93. The zero-order chi connectivity index (χ0) is 10.4. The van der Waals surface area contributed by atoms with Gasteiger partial charge in [0.15, 0.2) is 5.78 Å². The maximum atomic E-state index is 11.5. The Bertz CT molecular complexity index is 404. The molecular formula is C8H10N4O3. The molecule has 0 saturated carbocycles. The van der Waals surface area contributed by atoms with E-state index in [0.717, 1.165) is 0 Å². The molecule has 3 atom stereocenters. The van der Waals surface area contributed by atoms with E-state index in [1.807, 2.05) is 0 Å². The number of hydrogen-bond acceptors (Lipinski definition) is 6. The van der Waals surface area contributed by atoms with Crippen molar-refractivity contribution in [3.63, 3.8) is 0 Å². The number of rotatable bonds is 1. The highest BCUT2D eigenvalue weighted by Gasteiger charge is 2.44. The minimum Gasteiger partial charge on any atom is -0.343 e. The molecule has 0 unspecified atom stereocenters. The van der Waals surface area contributed by atoms with Crippen LogP contribution in [0.2, 0.25) is 0 Å². The molecule has 2 aliphatic heterocycles. The Labute approximate surface area is 85.3 Å². The van der Waals surface area contributed by atoms with Crippen molar-refractivity contribution in [2.75, 3.05) is 6.61 Å². The normalized spacial score (nSPS) is 34.7. The van der Waals surface area contributed by atoms with Crippen LogP contribution in [-0.4, -0.2) is 45.0 Å². The van der Waals surface area contributed by atoms with Crippen LogP contribution in [0.5, 0.6) is 0 Å². The van der Waals surface area contributed by atoms with Crippen LogP contribution in [0.3, 0.4) is 0 Å². The van der Waals surface area contributed by atoms with Crippen LogP contribution in [-0.2, 0) is 14.3 Å². The summed E-state index contributed by atoms with van der Waals surface area (Å²) in [5.41, 5.74) is 0. The molecule has 0 N–H and O–H groups in total. The standard InChI is InChI=1S/C8H10N4O3/c1-4-9-10-11-12(4)5-2-6(13)8-14-3-7(5)15-8/h5,7-8H,2-3H2,1H3/t5-,7-,8+/m0/s1. The molecule has 0 aliphatic carbocycles. The molecule has 80 valence electrons. The third-order valence-electron chi connectivity index (χ3n) is 2.78. The van der Waals surface area contributed by atoms with Gasteiger partial charge in [-0.05, 0) is 17.4 Å². The van der Waals surface area contributed by atoms with E-state index in [0.29, 0.717) is 18.9 Å². The Morgan fingerprint density at radius 2 is 2.40 bits per heavy atom. The van der Waals surface area contributed by atoms with Crippen molar-refractivity contribution in [1.82, 2.24) is 20.2 Å². The van der Waals surface area contributed by atoms with Gasteiger partial charge in [0.2, 0.25) is 6.29 Å². The number of carbonyl (C=O) groups excluding carboxylic acids is 1. The van der Waals surface area contributed by atoms with Gasteiger partial charge in [-0.25, -0.2) is 4.68 Å². The fourth-order valence-corrected chi connectivity index (χ4v) is 2.01. The Hall–Kier alpha value is -1.34. The summed E-state index contributed by atoms with van der Waals surface area (Å²) >= 11 is 0. The van der Waals surface area contributed by atoms with E-state index >= 15 is 0 Å². The molecule has 1 aromatic rings. The van der Waals surface area contributed by atoms with E-state index in [-0.39, 0.29) is 17.9 Å². The first-order chi connectivity index (χ1) is 7.25. The summed E-state index contributed by atoms with van der Waals surface area (Å²) in [7, 11) is 0. The summed E-state index contributed by atoms with van der Waals surface area (Å²) in [5.74, 6) is 0.644. The number of tetrazole rings is 1. The van der Waals surface area contributed by atoms with Crippen molar-refractivity contribution < 1.29 is 14.3 Å². The lowest BCUT2D eigenvalue weighted by atomic mass is 10.0. The maximum absolute atomic E-state index is 11.5. The lowest BCUT2D eigenvalue weighted by molar-refractivity contribution is -0.156. The van der Waals surface area contributed by atoms with E-state index in [9.17, 15) is 4.79 Å². The first kappa shape index (κ1) is 8.93. The van der Waals surface area contributed by atoms with Gasteiger partial charge in [-0.15, -0.1) is 5.10 Å². The summed E-state index contributed by atoms with van der Waals surface area (Å²) in [6.07, 6.45) is -0.403. The third-order valence-corrected chi connectivity index (χ3v) is 2.78. The van der Waals surface area contributed by atoms with Crippen LogP contribution in [0.4, 0.5) is 0 Å². The first-order valence-corrected chi connectivity index (χ1v) is 4.80. The van der Waals surface area contributed by atoms with E-state index < -0.39 is 6.29 Å². The molecule has 7 nitrogen and oxygen atoms in total. The number of aryl methyl sites for hydroxylation is 1. The SMILES string of the molecule is Cc1nnnn1[C@H]1CC(=O)[C@@H]2OC[C@@H]1O2. The van der Waals surface area contributed by atoms with Gasteiger partial charge in [-0.1, -0.05) is 0 Å². The highest BCUT2D eigenvalue weighted by Crippen LogP contribution is 2.32. The van der Waals surface area contributed by atoms with Crippen LogP contribution >= 0.6 is 0 Å². The molecule has 2 bridgehead atoms. The molecule has 3 heterocycles. The zero-order valence-electron chi connectivity index (χ0n) is 8.16.